The number of methoxy groups -OCH3 is 2. The van der Waals surface area contributed by atoms with Crippen molar-refractivity contribution in [3.05, 3.63) is 53.6 Å². The van der Waals surface area contributed by atoms with Crippen LogP contribution in [0.15, 0.2) is 47.4 Å². The van der Waals surface area contributed by atoms with Crippen molar-refractivity contribution >= 4 is 23.7 Å². The molecule has 32 heavy (non-hydrogen) atoms. The molecule has 8 nitrogen and oxygen atoms in total. The van der Waals surface area contributed by atoms with E-state index in [1.807, 2.05) is 6.07 Å². The van der Waals surface area contributed by atoms with Crippen LogP contribution in [0, 0.1) is 0 Å². The number of carbonyl (C=O) groups is 2. The Bertz CT molecular complexity index is 871. The molecule has 0 amide bonds. The first-order valence-corrected chi connectivity index (χ1v) is 11.3. The molecule has 0 unspecified atom stereocenters. The minimum atomic E-state index is -1.82. The molecule has 1 heterocycles. The van der Waals surface area contributed by atoms with E-state index in [4.69, 9.17) is 29.3 Å². The van der Waals surface area contributed by atoms with Crippen molar-refractivity contribution < 1.29 is 29.3 Å². The monoisotopic (exact) mass is 462 g/mol. The summed E-state index contributed by atoms with van der Waals surface area (Å²) >= 11 is 1.79. The van der Waals surface area contributed by atoms with E-state index in [0.29, 0.717) is 0 Å². The third-order valence-corrected chi connectivity index (χ3v) is 5.81. The number of hydrogen-bond acceptors (Lipinski definition) is 7. The molecular formula is C23H30N2O6S. The van der Waals surface area contributed by atoms with Gasteiger partial charge in [0, 0.05) is 44.2 Å². The number of piperazine rings is 1. The first-order valence-electron chi connectivity index (χ1n) is 10.1. The van der Waals surface area contributed by atoms with Crippen molar-refractivity contribution in [3.63, 3.8) is 0 Å². The van der Waals surface area contributed by atoms with Crippen LogP contribution in [-0.2, 0) is 22.7 Å². The summed E-state index contributed by atoms with van der Waals surface area (Å²) in [6, 6.07) is 15.1. The van der Waals surface area contributed by atoms with Gasteiger partial charge in [-0.1, -0.05) is 18.2 Å². The fourth-order valence-electron chi connectivity index (χ4n) is 3.33. The number of rotatable bonds is 7. The average molecular weight is 463 g/mol. The third kappa shape index (κ3) is 8.07. The van der Waals surface area contributed by atoms with Crippen LogP contribution in [0.3, 0.4) is 0 Å². The Morgan fingerprint density at radius 3 is 1.72 bits per heavy atom. The van der Waals surface area contributed by atoms with Gasteiger partial charge < -0.3 is 19.7 Å². The Morgan fingerprint density at radius 2 is 1.28 bits per heavy atom. The predicted octanol–water partition coefficient (Wildman–Crippen LogP) is 2.90. The van der Waals surface area contributed by atoms with Crippen LogP contribution in [0.25, 0.3) is 0 Å². The zero-order valence-electron chi connectivity index (χ0n) is 18.6. The molecule has 9 heteroatoms. The van der Waals surface area contributed by atoms with E-state index in [1.165, 1.54) is 16.0 Å². The maximum absolute atomic E-state index is 9.10. The van der Waals surface area contributed by atoms with Crippen LogP contribution in [0.1, 0.15) is 11.1 Å². The summed E-state index contributed by atoms with van der Waals surface area (Å²) in [6.45, 7) is 6.40. The van der Waals surface area contributed by atoms with Crippen molar-refractivity contribution in [2.45, 2.75) is 18.0 Å². The van der Waals surface area contributed by atoms with Crippen LogP contribution >= 0.6 is 11.8 Å². The van der Waals surface area contributed by atoms with Crippen LogP contribution in [0.2, 0.25) is 0 Å². The van der Waals surface area contributed by atoms with E-state index >= 15 is 0 Å². The molecule has 0 aromatic heterocycles. The lowest BCUT2D eigenvalue weighted by atomic mass is 10.1. The van der Waals surface area contributed by atoms with Crippen LogP contribution < -0.4 is 9.47 Å². The summed E-state index contributed by atoms with van der Waals surface area (Å²) in [5.74, 6) is -2.06. The Kier molecular flexibility index (Phi) is 10.3. The van der Waals surface area contributed by atoms with Gasteiger partial charge in [0.05, 0.1) is 14.2 Å². The summed E-state index contributed by atoms with van der Waals surface area (Å²) in [7, 11) is 3.36. The maximum Gasteiger partial charge on any atom is 0.414 e. The Hall–Kier alpha value is -2.75. The zero-order valence-corrected chi connectivity index (χ0v) is 19.4. The Labute approximate surface area is 192 Å². The standard InChI is InChI=1S/C21H28N2O2S.C2H2O4/c1-24-20-9-6-18(14-21(20)25-2)16-23-12-10-22(11-13-23)15-17-4-7-19(26-3)8-5-17;3-1(4)2(5)6/h4-9,14H,10-13,15-16H2,1-3H3;(H,3,4)(H,5,6). The van der Waals surface area contributed by atoms with E-state index in [9.17, 15) is 0 Å². The highest BCUT2D eigenvalue weighted by Crippen LogP contribution is 2.28. The van der Waals surface area contributed by atoms with E-state index in [0.717, 1.165) is 50.8 Å². The van der Waals surface area contributed by atoms with E-state index in [2.05, 4.69) is 52.5 Å². The highest BCUT2D eigenvalue weighted by molar-refractivity contribution is 7.98. The number of aliphatic carboxylic acids is 2. The van der Waals surface area contributed by atoms with Gasteiger partial charge in [-0.15, -0.1) is 11.8 Å². The lowest BCUT2D eigenvalue weighted by Crippen LogP contribution is -2.45. The minimum absolute atomic E-state index is 0.786. The van der Waals surface area contributed by atoms with Crippen LogP contribution in [-0.4, -0.2) is 78.6 Å². The molecule has 0 atom stereocenters. The van der Waals surface area contributed by atoms with Crippen molar-refractivity contribution in [3.8, 4) is 11.5 Å². The highest BCUT2D eigenvalue weighted by Gasteiger charge is 2.17. The number of ether oxygens (including phenoxy) is 2. The molecule has 3 rings (SSSR count). The molecule has 0 aliphatic carbocycles. The SMILES string of the molecule is COc1ccc(CN2CCN(Cc3ccc(SC)cc3)CC2)cc1OC.O=C(O)C(=O)O. The van der Waals surface area contributed by atoms with Gasteiger partial charge in [0.15, 0.2) is 11.5 Å². The van der Waals surface area contributed by atoms with Crippen molar-refractivity contribution in [2.75, 3.05) is 46.7 Å². The number of nitrogens with zero attached hydrogens (tertiary/aromatic N) is 2. The molecule has 1 saturated heterocycles. The first kappa shape index (κ1) is 25.5. The lowest BCUT2D eigenvalue weighted by molar-refractivity contribution is -0.159. The summed E-state index contributed by atoms with van der Waals surface area (Å²) in [6.07, 6.45) is 2.12. The van der Waals surface area contributed by atoms with Gasteiger partial charge in [0.25, 0.3) is 0 Å². The number of carboxylic acids is 2. The second kappa shape index (κ2) is 12.9. The van der Waals surface area contributed by atoms with E-state index in [1.54, 1.807) is 26.0 Å². The van der Waals surface area contributed by atoms with Crippen LogP contribution in [0.5, 0.6) is 11.5 Å². The second-order valence-electron chi connectivity index (χ2n) is 7.20. The number of carboxylic acid groups (broad SMARTS) is 2. The summed E-state index contributed by atoms with van der Waals surface area (Å²) in [4.78, 5) is 24.6. The quantitative estimate of drug-likeness (QED) is 0.475. The molecule has 2 N–H and O–H groups in total. The van der Waals surface area contributed by atoms with Gasteiger partial charge >= 0.3 is 11.9 Å². The molecule has 0 spiro atoms. The highest BCUT2D eigenvalue weighted by atomic mass is 32.2. The number of thioether (sulfide) groups is 1. The summed E-state index contributed by atoms with van der Waals surface area (Å²) in [5, 5.41) is 14.8. The van der Waals surface area contributed by atoms with Crippen molar-refractivity contribution in [2.24, 2.45) is 0 Å². The molecule has 0 saturated carbocycles. The normalized spacial score (nSPS) is 14.2. The lowest BCUT2D eigenvalue weighted by Gasteiger charge is -2.34. The fraction of sp³-hybridized carbons (Fsp3) is 0.391. The van der Waals surface area contributed by atoms with E-state index < -0.39 is 11.9 Å². The van der Waals surface area contributed by atoms with E-state index in [-0.39, 0.29) is 0 Å². The molecule has 1 aliphatic rings. The Balaban J connectivity index is 0.000000534. The van der Waals surface area contributed by atoms with Gasteiger partial charge in [-0.2, -0.15) is 0 Å². The molecule has 0 bridgehead atoms. The second-order valence-corrected chi connectivity index (χ2v) is 8.08. The third-order valence-electron chi connectivity index (χ3n) is 5.07. The predicted molar refractivity (Wildman–Crippen MR) is 124 cm³/mol. The van der Waals surface area contributed by atoms with Gasteiger partial charge in [-0.25, -0.2) is 9.59 Å². The summed E-state index contributed by atoms with van der Waals surface area (Å²) in [5.41, 5.74) is 2.67. The van der Waals surface area contributed by atoms with Crippen LogP contribution in [0.4, 0.5) is 0 Å². The van der Waals surface area contributed by atoms with Gasteiger partial charge in [0.2, 0.25) is 0 Å². The molecule has 1 fully saturated rings. The smallest absolute Gasteiger partial charge is 0.414 e. The molecular weight excluding hydrogens is 432 g/mol. The van der Waals surface area contributed by atoms with Gasteiger partial charge in [-0.3, -0.25) is 9.80 Å². The number of hydrogen-bond donors (Lipinski definition) is 2. The summed E-state index contributed by atoms with van der Waals surface area (Å²) < 4.78 is 10.7. The van der Waals surface area contributed by atoms with Crippen molar-refractivity contribution in [1.29, 1.82) is 0 Å². The topological polar surface area (TPSA) is 99.5 Å². The molecule has 174 valence electrons. The molecule has 2 aromatic carbocycles. The van der Waals surface area contributed by atoms with Gasteiger partial charge in [-0.05, 0) is 41.6 Å². The number of benzene rings is 2. The molecule has 1 aliphatic heterocycles. The van der Waals surface area contributed by atoms with Gasteiger partial charge in [0.1, 0.15) is 0 Å². The fourth-order valence-corrected chi connectivity index (χ4v) is 3.74. The molecule has 2 aromatic rings. The van der Waals surface area contributed by atoms with Crippen molar-refractivity contribution in [1.82, 2.24) is 9.80 Å². The maximum atomic E-state index is 9.10. The Morgan fingerprint density at radius 1 is 0.812 bits per heavy atom. The minimum Gasteiger partial charge on any atom is -0.493 e. The average Bonchev–Trinajstić information content (AvgIpc) is 2.81. The zero-order chi connectivity index (χ0) is 23.5. The first-order chi connectivity index (χ1) is 15.4. The largest absolute Gasteiger partial charge is 0.493 e. The molecule has 0 radical (unpaired) electrons.